The highest BCUT2D eigenvalue weighted by Crippen LogP contribution is 2.39. The number of ether oxygens (including phenoxy) is 1. The lowest BCUT2D eigenvalue weighted by Gasteiger charge is -2.28. The van der Waals surface area contributed by atoms with Crippen molar-refractivity contribution >= 4 is 13.6 Å². The second-order valence-electron chi connectivity index (χ2n) is 11.8. The second kappa shape index (κ2) is 20.6. The van der Waals surface area contributed by atoms with E-state index in [0.29, 0.717) is 30.5 Å². The van der Waals surface area contributed by atoms with Crippen molar-refractivity contribution < 1.29 is 32.5 Å². The molecule has 0 amide bonds. The highest BCUT2D eigenvalue weighted by Gasteiger charge is 2.19. The zero-order valence-corrected chi connectivity index (χ0v) is 26.4. The van der Waals surface area contributed by atoms with Crippen molar-refractivity contribution in [3.8, 4) is 5.75 Å². The predicted octanol–water partition coefficient (Wildman–Crippen LogP) is 7.11. The first-order chi connectivity index (χ1) is 18.5. The van der Waals surface area contributed by atoms with Gasteiger partial charge in [-0.05, 0) is 36.5 Å². The first-order valence-corrected chi connectivity index (χ1v) is 16.6. The van der Waals surface area contributed by atoms with E-state index in [1.165, 1.54) is 64.2 Å². The maximum Gasteiger partial charge on any atom is 0.268 e. The molecule has 2 atom stereocenters. The van der Waals surface area contributed by atoms with Crippen molar-refractivity contribution in [2.24, 2.45) is 5.92 Å². The van der Waals surface area contributed by atoms with Gasteiger partial charge in [-0.1, -0.05) is 90.2 Å². The molecule has 0 aliphatic carbocycles. The van der Waals surface area contributed by atoms with Crippen LogP contribution in [0.15, 0.2) is 24.3 Å². The lowest BCUT2D eigenvalue weighted by Crippen LogP contribution is -2.37. The van der Waals surface area contributed by atoms with Crippen molar-refractivity contribution in [3.63, 3.8) is 0 Å². The van der Waals surface area contributed by atoms with Gasteiger partial charge in [0.15, 0.2) is 0 Å². The van der Waals surface area contributed by atoms with Crippen LogP contribution < -0.4 is 9.63 Å². The largest absolute Gasteiger partial charge is 0.756 e. The van der Waals surface area contributed by atoms with Crippen LogP contribution in [0.25, 0.3) is 0 Å². The van der Waals surface area contributed by atoms with Crippen LogP contribution in [0.3, 0.4) is 0 Å². The SMILES string of the molecule is CCCCCCCCCCCCCOc1cccc(CC(COP(=O)([O-])OCC[N+](C)(C)C)CC(=O)CC)c1. The summed E-state index contributed by atoms with van der Waals surface area (Å²) < 4.78 is 29.0. The number of hydrogen-bond acceptors (Lipinski definition) is 6. The molecular formula is C31H56NO6P. The lowest BCUT2D eigenvalue weighted by atomic mass is 9.94. The maximum absolute atomic E-state index is 12.2. The van der Waals surface area contributed by atoms with Crippen molar-refractivity contribution in [2.75, 3.05) is 47.5 Å². The summed E-state index contributed by atoms with van der Waals surface area (Å²) in [4.78, 5) is 24.4. The number of phosphoric ester groups is 1. The van der Waals surface area contributed by atoms with Crippen LogP contribution in [0.2, 0.25) is 0 Å². The number of unbranched alkanes of at least 4 members (excludes halogenated alkanes) is 10. The summed E-state index contributed by atoms with van der Waals surface area (Å²) in [7, 11) is 1.45. The first kappa shape index (κ1) is 35.8. The molecule has 1 aromatic rings. The molecule has 0 bridgehead atoms. The molecule has 2 unspecified atom stereocenters. The summed E-state index contributed by atoms with van der Waals surface area (Å²) in [5.74, 6) is 0.627. The van der Waals surface area contributed by atoms with Crippen LogP contribution in [0.5, 0.6) is 5.75 Å². The number of rotatable bonds is 25. The molecule has 0 fully saturated rings. The van der Waals surface area contributed by atoms with E-state index in [2.05, 4.69) is 6.92 Å². The van der Waals surface area contributed by atoms with E-state index in [1.54, 1.807) is 0 Å². The summed E-state index contributed by atoms with van der Waals surface area (Å²) in [5.41, 5.74) is 0.996. The molecule has 0 aromatic heterocycles. The van der Waals surface area contributed by atoms with E-state index in [9.17, 15) is 14.3 Å². The number of hydrogen-bond donors (Lipinski definition) is 0. The van der Waals surface area contributed by atoms with Gasteiger partial charge in [-0.25, -0.2) is 0 Å². The second-order valence-corrected chi connectivity index (χ2v) is 13.2. The highest BCUT2D eigenvalue weighted by molar-refractivity contribution is 7.45. The van der Waals surface area contributed by atoms with Crippen molar-refractivity contribution in [1.29, 1.82) is 0 Å². The van der Waals surface area contributed by atoms with Gasteiger partial charge in [0.05, 0.1) is 34.4 Å². The van der Waals surface area contributed by atoms with Crippen LogP contribution in [0, 0.1) is 5.92 Å². The van der Waals surface area contributed by atoms with Crippen LogP contribution in [-0.2, 0) is 24.8 Å². The molecule has 8 heteroatoms. The Balaban J connectivity index is 2.42. The van der Waals surface area contributed by atoms with Crippen LogP contribution in [-0.4, -0.2) is 57.8 Å². The minimum atomic E-state index is -4.43. The zero-order chi connectivity index (χ0) is 29.0. The average molecular weight is 570 g/mol. The van der Waals surface area contributed by atoms with Crippen molar-refractivity contribution in [1.82, 2.24) is 0 Å². The van der Waals surface area contributed by atoms with E-state index in [-0.39, 0.29) is 31.3 Å². The third kappa shape index (κ3) is 20.3. The van der Waals surface area contributed by atoms with Gasteiger partial charge >= 0.3 is 0 Å². The van der Waals surface area contributed by atoms with Crippen molar-refractivity contribution in [3.05, 3.63) is 29.8 Å². The Labute approximate surface area is 238 Å². The molecule has 0 heterocycles. The molecule has 226 valence electrons. The normalized spacial score (nSPS) is 14.2. The Bertz CT molecular complexity index is 826. The summed E-state index contributed by atoms with van der Waals surface area (Å²) in [6.45, 7) is 5.27. The molecule has 0 aliphatic rings. The fourth-order valence-electron chi connectivity index (χ4n) is 4.37. The minimum absolute atomic E-state index is 0.0569. The summed E-state index contributed by atoms with van der Waals surface area (Å²) in [5, 5.41) is 0. The molecule has 0 radical (unpaired) electrons. The number of Topliss-reactive ketones (excluding diaryl/α,β-unsaturated/α-hetero) is 1. The fraction of sp³-hybridized carbons (Fsp3) is 0.774. The average Bonchev–Trinajstić information content (AvgIpc) is 2.87. The summed E-state index contributed by atoms with van der Waals surface area (Å²) >= 11 is 0. The first-order valence-electron chi connectivity index (χ1n) is 15.2. The fourth-order valence-corrected chi connectivity index (χ4v) is 5.14. The third-order valence-corrected chi connectivity index (χ3v) is 7.79. The number of ketones is 1. The molecule has 0 aliphatic heterocycles. The maximum atomic E-state index is 12.2. The number of carbonyl (C=O) groups excluding carboxylic acids is 1. The van der Waals surface area contributed by atoms with Gasteiger partial charge in [0.1, 0.15) is 24.7 Å². The number of nitrogens with zero attached hydrogens (tertiary/aromatic N) is 1. The van der Waals surface area contributed by atoms with E-state index in [4.69, 9.17) is 13.8 Å². The number of carbonyl (C=O) groups is 1. The third-order valence-electron chi connectivity index (χ3n) is 6.83. The van der Waals surface area contributed by atoms with Gasteiger partial charge in [-0.3, -0.25) is 9.36 Å². The topological polar surface area (TPSA) is 84.9 Å². The van der Waals surface area contributed by atoms with Crippen LogP contribution in [0.1, 0.15) is 103 Å². The Morgan fingerprint density at radius 1 is 0.897 bits per heavy atom. The molecule has 7 nitrogen and oxygen atoms in total. The summed E-state index contributed by atoms with van der Waals surface area (Å²) in [6.07, 6.45) is 15.5. The highest BCUT2D eigenvalue weighted by atomic mass is 31.2. The molecular weight excluding hydrogens is 513 g/mol. The monoisotopic (exact) mass is 569 g/mol. The van der Waals surface area contributed by atoms with Gasteiger partial charge in [-0.2, -0.15) is 0 Å². The Morgan fingerprint density at radius 2 is 1.51 bits per heavy atom. The minimum Gasteiger partial charge on any atom is -0.756 e. The number of quaternary nitrogens is 1. The smallest absolute Gasteiger partial charge is 0.268 e. The number of phosphoric acid groups is 1. The van der Waals surface area contributed by atoms with Gasteiger partial charge in [0, 0.05) is 12.8 Å². The number of likely N-dealkylation sites (N-methyl/N-ethyl adjacent to an activating group) is 1. The molecule has 1 aromatic carbocycles. The van der Waals surface area contributed by atoms with Crippen LogP contribution >= 0.6 is 7.82 Å². The molecule has 0 spiro atoms. The Kier molecular flexibility index (Phi) is 18.9. The zero-order valence-electron chi connectivity index (χ0n) is 25.5. The number of benzene rings is 1. The standard InChI is InChI=1S/C31H56NO6P/c1-6-8-9-10-11-12-13-14-15-16-17-22-36-31-20-18-19-28(26-31)24-29(25-30(33)7-2)27-38-39(34,35)37-23-21-32(3,4)5/h18-20,26,29H,6-17,21-25,27H2,1-5H3. The Morgan fingerprint density at radius 3 is 2.10 bits per heavy atom. The van der Waals surface area contributed by atoms with Gasteiger partial charge in [-0.15, -0.1) is 0 Å². The van der Waals surface area contributed by atoms with E-state index in [1.807, 2.05) is 52.3 Å². The summed E-state index contributed by atoms with van der Waals surface area (Å²) in [6, 6.07) is 7.85. The van der Waals surface area contributed by atoms with E-state index >= 15 is 0 Å². The van der Waals surface area contributed by atoms with Gasteiger partial charge < -0.3 is 23.2 Å². The molecule has 0 saturated carbocycles. The molecule has 1 rings (SSSR count). The van der Waals surface area contributed by atoms with E-state index < -0.39 is 7.82 Å². The quantitative estimate of drug-likeness (QED) is 0.0709. The van der Waals surface area contributed by atoms with Gasteiger partial charge in [0.2, 0.25) is 0 Å². The Hall–Kier alpha value is -1.24. The predicted molar refractivity (Wildman–Crippen MR) is 158 cm³/mol. The van der Waals surface area contributed by atoms with E-state index in [0.717, 1.165) is 17.7 Å². The molecule has 0 N–H and O–H groups in total. The lowest BCUT2D eigenvalue weighted by molar-refractivity contribution is -0.870. The van der Waals surface area contributed by atoms with Gasteiger partial charge in [0.25, 0.3) is 7.82 Å². The van der Waals surface area contributed by atoms with Crippen molar-refractivity contribution in [2.45, 2.75) is 104 Å². The molecule has 0 saturated heterocycles. The van der Waals surface area contributed by atoms with Crippen LogP contribution in [0.4, 0.5) is 0 Å². The molecule has 39 heavy (non-hydrogen) atoms.